The topological polar surface area (TPSA) is 65.5 Å². The van der Waals surface area contributed by atoms with Gasteiger partial charge in [0.1, 0.15) is 12.3 Å². The second-order valence-corrected chi connectivity index (χ2v) is 4.14. The molecule has 20 heavy (non-hydrogen) atoms. The van der Waals surface area contributed by atoms with E-state index in [9.17, 15) is 4.79 Å². The predicted molar refractivity (Wildman–Crippen MR) is 78.3 cm³/mol. The minimum Gasteiger partial charge on any atom is -0.384 e. The second-order valence-electron chi connectivity index (χ2n) is 4.14. The Morgan fingerprint density at radius 1 is 1.45 bits per heavy atom. The minimum atomic E-state index is -0.238. The van der Waals surface area contributed by atoms with Gasteiger partial charge in [-0.2, -0.15) is 0 Å². The lowest BCUT2D eigenvalue weighted by Crippen LogP contribution is -2.35. The van der Waals surface area contributed by atoms with Crippen LogP contribution in [0.5, 0.6) is 0 Å². The number of pyridine rings is 1. The largest absolute Gasteiger partial charge is 0.384 e. The number of hydrogen-bond donors (Lipinski definition) is 2. The van der Waals surface area contributed by atoms with Crippen molar-refractivity contribution < 1.29 is 9.90 Å². The minimum absolute atomic E-state index is 0.236. The molecule has 0 bridgehead atoms. The highest BCUT2D eigenvalue weighted by Gasteiger charge is 2.11. The molecule has 0 fully saturated rings. The van der Waals surface area contributed by atoms with Crippen LogP contribution >= 0.6 is 0 Å². The van der Waals surface area contributed by atoms with E-state index in [1.807, 2.05) is 0 Å². The van der Waals surface area contributed by atoms with Gasteiger partial charge in [0.25, 0.3) is 5.91 Å². The molecule has 0 saturated carbocycles. The van der Waals surface area contributed by atoms with Crippen LogP contribution in [0.1, 0.15) is 29.9 Å². The van der Waals surface area contributed by atoms with Crippen LogP contribution in [0.2, 0.25) is 0 Å². The molecule has 1 rings (SSSR count). The Bertz CT molecular complexity index is 487. The van der Waals surface area contributed by atoms with Crippen molar-refractivity contribution in [1.29, 1.82) is 0 Å². The fourth-order valence-corrected chi connectivity index (χ4v) is 1.77. The van der Waals surface area contributed by atoms with Gasteiger partial charge in [0.2, 0.25) is 0 Å². The molecule has 0 unspecified atom stereocenters. The molecule has 5 nitrogen and oxygen atoms in total. The first-order valence-corrected chi connectivity index (χ1v) is 6.78. The number of aliphatic hydroxyl groups excluding tert-OH is 1. The summed E-state index contributed by atoms with van der Waals surface area (Å²) in [5.41, 5.74) is 0.829. The highest BCUT2D eigenvalue weighted by molar-refractivity contribution is 5.94. The summed E-state index contributed by atoms with van der Waals surface area (Å²) in [4.78, 5) is 18.4. The molecular weight excluding hydrogens is 254 g/mol. The molecule has 0 aliphatic rings. The second kappa shape index (κ2) is 9.08. The standard InChI is InChI=1S/C15H21N3O2/c1-3-18(4-2)11-10-17-15(20)14-13(8-6-12-19)7-5-9-16-14/h5,7,9,19H,3-4,10-12H2,1-2H3,(H,17,20). The molecule has 0 radical (unpaired) electrons. The van der Waals surface area contributed by atoms with Crippen LogP contribution in [0.3, 0.4) is 0 Å². The Hall–Kier alpha value is -1.90. The fourth-order valence-electron chi connectivity index (χ4n) is 1.77. The lowest BCUT2D eigenvalue weighted by molar-refractivity contribution is 0.0943. The third kappa shape index (κ3) is 5.00. The van der Waals surface area contributed by atoms with Gasteiger partial charge >= 0.3 is 0 Å². The Labute approximate surface area is 120 Å². The molecular formula is C15H21N3O2. The summed E-state index contributed by atoms with van der Waals surface area (Å²) in [5.74, 6) is 5.03. The molecule has 0 aliphatic carbocycles. The predicted octanol–water partition coefficient (Wildman–Crippen LogP) is 0.497. The van der Waals surface area contributed by atoms with Gasteiger partial charge in [-0.05, 0) is 25.2 Å². The molecule has 0 aromatic carbocycles. The van der Waals surface area contributed by atoms with Gasteiger partial charge in [-0.15, -0.1) is 0 Å². The normalized spacial score (nSPS) is 10.0. The van der Waals surface area contributed by atoms with Gasteiger partial charge < -0.3 is 15.3 Å². The monoisotopic (exact) mass is 275 g/mol. The van der Waals surface area contributed by atoms with E-state index in [1.165, 1.54) is 0 Å². The van der Waals surface area contributed by atoms with Crippen molar-refractivity contribution in [2.24, 2.45) is 0 Å². The van der Waals surface area contributed by atoms with Crippen LogP contribution in [0, 0.1) is 11.8 Å². The maximum Gasteiger partial charge on any atom is 0.271 e. The number of hydrogen-bond acceptors (Lipinski definition) is 4. The zero-order valence-corrected chi connectivity index (χ0v) is 12.0. The average molecular weight is 275 g/mol. The summed E-state index contributed by atoms with van der Waals surface area (Å²) < 4.78 is 0. The van der Waals surface area contributed by atoms with E-state index in [2.05, 4.69) is 40.9 Å². The molecule has 2 N–H and O–H groups in total. The van der Waals surface area contributed by atoms with E-state index < -0.39 is 0 Å². The fraction of sp³-hybridized carbons (Fsp3) is 0.467. The Morgan fingerprint density at radius 2 is 2.20 bits per heavy atom. The SMILES string of the molecule is CCN(CC)CCNC(=O)c1ncccc1C#CCO. The quantitative estimate of drug-likeness (QED) is 0.742. The molecule has 0 aliphatic heterocycles. The molecule has 1 aromatic rings. The molecule has 1 aromatic heterocycles. The lowest BCUT2D eigenvalue weighted by atomic mass is 10.2. The number of nitrogens with zero attached hydrogens (tertiary/aromatic N) is 2. The van der Waals surface area contributed by atoms with Crippen molar-refractivity contribution in [1.82, 2.24) is 15.2 Å². The van der Waals surface area contributed by atoms with Crippen LogP contribution in [-0.4, -0.2) is 53.7 Å². The summed E-state index contributed by atoms with van der Waals surface area (Å²) in [7, 11) is 0. The van der Waals surface area contributed by atoms with Crippen molar-refractivity contribution in [3.63, 3.8) is 0 Å². The van der Waals surface area contributed by atoms with Gasteiger partial charge in [-0.1, -0.05) is 25.7 Å². The van der Waals surface area contributed by atoms with E-state index in [0.29, 0.717) is 17.8 Å². The van der Waals surface area contributed by atoms with Crippen LogP contribution in [-0.2, 0) is 0 Å². The van der Waals surface area contributed by atoms with Gasteiger partial charge in [-0.25, -0.2) is 4.98 Å². The number of carbonyl (C=O) groups is 1. The first kappa shape index (κ1) is 16.2. The highest BCUT2D eigenvalue weighted by Crippen LogP contribution is 2.03. The zero-order valence-electron chi connectivity index (χ0n) is 12.0. The third-order valence-corrected chi connectivity index (χ3v) is 2.93. The van der Waals surface area contributed by atoms with Crippen LogP contribution in [0.25, 0.3) is 0 Å². The number of carbonyl (C=O) groups excluding carboxylic acids is 1. The molecule has 0 spiro atoms. The maximum atomic E-state index is 12.1. The van der Waals surface area contributed by atoms with E-state index in [4.69, 9.17) is 5.11 Å². The lowest BCUT2D eigenvalue weighted by Gasteiger charge is -2.17. The average Bonchev–Trinajstić information content (AvgIpc) is 2.49. The van der Waals surface area contributed by atoms with Crippen LogP contribution in [0.4, 0.5) is 0 Å². The van der Waals surface area contributed by atoms with E-state index in [-0.39, 0.29) is 12.5 Å². The Balaban J connectivity index is 2.63. The van der Waals surface area contributed by atoms with Gasteiger partial charge in [0.05, 0.1) is 5.56 Å². The summed E-state index contributed by atoms with van der Waals surface area (Å²) in [6.07, 6.45) is 1.56. The maximum absolute atomic E-state index is 12.1. The number of rotatable bonds is 6. The van der Waals surface area contributed by atoms with Crippen molar-refractivity contribution >= 4 is 5.91 Å². The van der Waals surface area contributed by atoms with Gasteiger partial charge in [0.15, 0.2) is 0 Å². The summed E-state index contributed by atoms with van der Waals surface area (Å²) >= 11 is 0. The van der Waals surface area contributed by atoms with Gasteiger partial charge in [0, 0.05) is 19.3 Å². The summed E-state index contributed by atoms with van der Waals surface area (Å²) in [5, 5.41) is 11.6. The van der Waals surface area contributed by atoms with Gasteiger partial charge in [-0.3, -0.25) is 4.79 Å². The number of nitrogens with one attached hydrogen (secondary N) is 1. The highest BCUT2D eigenvalue weighted by atomic mass is 16.2. The van der Waals surface area contributed by atoms with E-state index in [1.54, 1.807) is 18.3 Å². The molecule has 0 saturated heterocycles. The molecule has 0 atom stereocenters. The smallest absolute Gasteiger partial charge is 0.271 e. The number of likely N-dealkylation sites (N-methyl/N-ethyl adjacent to an activating group) is 1. The molecule has 5 heteroatoms. The molecule has 108 valence electrons. The van der Waals surface area contributed by atoms with Crippen LogP contribution in [0.15, 0.2) is 18.3 Å². The third-order valence-electron chi connectivity index (χ3n) is 2.93. The number of aliphatic hydroxyl groups is 1. The number of aromatic nitrogens is 1. The first-order valence-electron chi connectivity index (χ1n) is 6.78. The summed E-state index contributed by atoms with van der Waals surface area (Å²) in [6, 6.07) is 3.43. The first-order chi connectivity index (χ1) is 9.72. The Kier molecular flexibility index (Phi) is 7.33. The van der Waals surface area contributed by atoms with Crippen molar-refractivity contribution in [3.8, 4) is 11.8 Å². The van der Waals surface area contributed by atoms with Crippen molar-refractivity contribution in [2.45, 2.75) is 13.8 Å². The summed E-state index contributed by atoms with van der Waals surface area (Å²) in [6.45, 7) is 7.25. The van der Waals surface area contributed by atoms with E-state index in [0.717, 1.165) is 19.6 Å². The van der Waals surface area contributed by atoms with Crippen LogP contribution < -0.4 is 5.32 Å². The van der Waals surface area contributed by atoms with Crippen molar-refractivity contribution in [2.75, 3.05) is 32.8 Å². The van der Waals surface area contributed by atoms with Crippen molar-refractivity contribution in [3.05, 3.63) is 29.6 Å². The van der Waals surface area contributed by atoms with E-state index >= 15 is 0 Å². The Morgan fingerprint density at radius 3 is 2.85 bits per heavy atom. The number of amides is 1. The molecule has 1 amide bonds. The molecule has 1 heterocycles. The zero-order chi connectivity index (χ0) is 14.8.